The molecule has 0 bridgehead atoms. The minimum atomic E-state index is -0.102. The first-order valence-electron chi connectivity index (χ1n) is 9.99. The van der Waals surface area contributed by atoms with E-state index in [1.54, 1.807) is 0 Å². The lowest BCUT2D eigenvalue weighted by atomic mass is 9.99. The fourth-order valence-corrected chi connectivity index (χ4v) is 5.65. The molecular formula is C22H23N3O2S2. The number of rotatable bonds is 4. The van der Waals surface area contributed by atoms with Gasteiger partial charge in [0.15, 0.2) is 5.13 Å². The maximum Gasteiger partial charge on any atom is 0.267 e. The number of likely N-dealkylation sites (tertiary alicyclic amines) is 1. The van der Waals surface area contributed by atoms with Gasteiger partial charge in [-0.25, -0.2) is 4.98 Å². The summed E-state index contributed by atoms with van der Waals surface area (Å²) in [6.07, 6.45) is 2.51. The Morgan fingerprint density at radius 2 is 2.14 bits per heavy atom. The number of fused-ring (bicyclic) bond motifs is 3. The van der Waals surface area contributed by atoms with Gasteiger partial charge >= 0.3 is 0 Å². The second-order valence-corrected chi connectivity index (χ2v) is 9.72. The van der Waals surface area contributed by atoms with Crippen LogP contribution in [0.15, 0.2) is 35.7 Å². The van der Waals surface area contributed by atoms with Gasteiger partial charge in [-0.15, -0.1) is 22.7 Å². The Bertz CT molecular complexity index is 1030. The Labute approximate surface area is 178 Å². The van der Waals surface area contributed by atoms with Crippen LogP contribution in [-0.4, -0.2) is 28.9 Å². The zero-order chi connectivity index (χ0) is 19.8. The van der Waals surface area contributed by atoms with Crippen molar-refractivity contribution in [2.24, 2.45) is 5.92 Å². The molecule has 150 valence electrons. The van der Waals surface area contributed by atoms with E-state index in [0.717, 1.165) is 53.0 Å². The van der Waals surface area contributed by atoms with Gasteiger partial charge in [-0.3, -0.25) is 15.0 Å². The number of anilines is 1. The van der Waals surface area contributed by atoms with E-state index in [2.05, 4.69) is 27.5 Å². The Hall–Kier alpha value is -2.22. The van der Waals surface area contributed by atoms with Crippen LogP contribution in [0.1, 0.15) is 40.7 Å². The van der Waals surface area contributed by atoms with E-state index in [1.807, 2.05) is 30.3 Å². The number of nitrogens with one attached hydrogen (secondary N) is 1. The number of hydrogen-bond acceptors (Lipinski definition) is 6. The van der Waals surface area contributed by atoms with Gasteiger partial charge in [-0.05, 0) is 50.0 Å². The highest BCUT2D eigenvalue weighted by Crippen LogP contribution is 2.42. The van der Waals surface area contributed by atoms with Crippen LogP contribution in [0.2, 0.25) is 0 Å². The lowest BCUT2D eigenvalue weighted by molar-refractivity contribution is 0.103. The van der Waals surface area contributed by atoms with Crippen LogP contribution in [0.4, 0.5) is 5.13 Å². The number of nitrogens with zero attached hydrogens (tertiary/aromatic N) is 2. The van der Waals surface area contributed by atoms with Gasteiger partial charge < -0.3 is 4.74 Å². The van der Waals surface area contributed by atoms with Gasteiger partial charge in [0, 0.05) is 27.9 Å². The van der Waals surface area contributed by atoms with Crippen molar-refractivity contribution in [2.45, 2.75) is 32.9 Å². The van der Waals surface area contributed by atoms with Gasteiger partial charge in [0.05, 0.1) is 10.6 Å². The maximum absolute atomic E-state index is 12.8. The summed E-state index contributed by atoms with van der Waals surface area (Å²) in [6, 6.07) is 9.92. The molecule has 1 aromatic carbocycles. The number of hydrogen-bond donors (Lipinski definition) is 1. The van der Waals surface area contributed by atoms with E-state index >= 15 is 0 Å². The Balaban J connectivity index is 1.26. The first-order valence-corrected chi connectivity index (χ1v) is 11.7. The molecule has 4 heterocycles. The topological polar surface area (TPSA) is 54.5 Å². The lowest BCUT2D eigenvalue weighted by Crippen LogP contribution is -2.32. The molecule has 0 spiro atoms. The number of thiophene rings is 1. The fraction of sp³-hybridized carbons (Fsp3) is 0.364. The first-order chi connectivity index (χ1) is 14.2. The third kappa shape index (κ3) is 3.95. The normalized spacial score (nSPS) is 16.7. The van der Waals surface area contributed by atoms with Crippen molar-refractivity contribution in [3.05, 3.63) is 51.8 Å². The molecule has 1 fully saturated rings. The molecule has 0 aliphatic carbocycles. The predicted molar refractivity (Wildman–Crippen MR) is 118 cm³/mol. The number of amides is 1. The lowest BCUT2D eigenvalue weighted by Gasteiger charge is -2.29. The molecule has 0 saturated carbocycles. The molecule has 1 amide bonds. The number of aromatic nitrogens is 1. The van der Waals surface area contributed by atoms with E-state index in [-0.39, 0.29) is 5.91 Å². The second kappa shape index (κ2) is 7.89. The standard InChI is InChI=1S/C22H23N3O2S2/c1-14-6-8-25(9-7-14)11-16-13-28-22(23-16)24-21(26)19-10-15-12-27-18-5-3-2-4-17(18)20(15)29-19/h2-5,10,13-14H,6-9,11-12H2,1H3,(H,23,24,26). The molecular weight excluding hydrogens is 402 g/mol. The van der Waals surface area contributed by atoms with Gasteiger partial charge in [-0.2, -0.15) is 0 Å². The summed E-state index contributed by atoms with van der Waals surface area (Å²) in [4.78, 5) is 21.7. The number of thiazole rings is 1. The molecule has 1 saturated heterocycles. The number of carbonyl (C=O) groups excluding carboxylic acids is 1. The Kier molecular flexibility index (Phi) is 5.11. The molecule has 1 N–H and O–H groups in total. The number of benzene rings is 1. The molecule has 3 aromatic rings. The minimum Gasteiger partial charge on any atom is -0.488 e. The zero-order valence-electron chi connectivity index (χ0n) is 16.3. The van der Waals surface area contributed by atoms with Crippen LogP contribution in [0.25, 0.3) is 10.4 Å². The minimum absolute atomic E-state index is 0.102. The van der Waals surface area contributed by atoms with Crippen molar-refractivity contribution < 1.29 is 9.53 Å². The summed E-state index contributed by atoms with van der Waals surface area (Å²) in [6.45, 7) is 5.95. The van der Waals surface area contributed by atoms with E-state index in [1.165, 1.54) is 35.5 Å². The van der Waals surface area contributed by atoms with Crippen molar-refractivity contribution in [1.29, 1.82) is 0 Å². The van der Waals surface area contributed by atoms with Crippen molar-refractivity contribution in [1.82, 2.24) is 9.88 Å². The summed E-state index contributed by atoms with van der Waals surface area (Å²) in [5.41, 5.74) is 3.16. The highest BCUT2D eigenvalue weighted by atomic mass is 32.1. The molecule has 5 rings (SSSR count). The third-order valence-electron chi connectivity index (χ3n) is 5.58. The monoisotopic (exact) mass is 425 g/mol. The van der Waals surface area contributed by atoms with E-state index < -0.39 is 0 Å². The van der Waals surface area contributed by atoms with E-state index in [4.69, 9.17) is 4.74 Å². The largest absolute Gasteiger partial charge is 0.488 e. The summed E-state index contributed by atoms with van der Waals surface area (Å²) in [5, 5.41) is 5.69. The maximum atomic E-state index is 12.8. The molecule has 2 aromatic heterocycles. The van der Waals surface area contributed by atoms with Gasteiger partial charge in [0.1, 0.15) is 12.4 Å². The van der Waals surface area contributed by atoms with Crippen molar-refractivity contribution in [3.8, 4) is 16.2 Å². The Morgan fingerprint density at radius 1 is 1.31 bits per heavy atom. The quantitative estimate of drug-likeness (QED) is 0.620. The molecule has 0 unspecified atom stereocenters. The van der Waals surface area contributed by atoms with Crippen molar-refractivity contribution >= 4 is 33.7 Å². The highest BCUT2D eigenvalue weighted by molar-refractivity contribution is 7.18. The van der Waals surface area contributed by atoms with Crippen molar-refractivity contribution in [2.75, 3.05) is 18.4 Å². The summed E-state index contributed by atoms with van der Waals surface area (Å²) in [5.74, 6) is 1.60. The van der Waals surface area contributed by atoms with Crippen LogP contribution >= 0.6 is 22.7 Å². The zero-order valence-corrected chi connectivity index (χ0v) is 17.9. The number of piperidine rings is 1. The average Bonchev–Trinajstić information content (AvgIpc) is 3.36. The molecule has 0 radical (unpaired) electrons. The van der Waals surface area contributed by atoms with Crippen LogP contribution in [0.5, 0.6) is 5.75 Å². The highest BCUT2D eigenvalue weighted by Gasteiger charge is 2.23. The predicted octanol–water partition coefficient (Wildman–Crippen LogP) is 5.25. The summed E-state index contributed by atoms with van der Waals surface area (Å²) < 4.78 is 5.80. The van der Waals surface area contributed by atoms with Gasteiger partial charge in [0.2, 0.25) is 0 Å². The van der Waals surface area contributed by atoms with Crippen molar-refractivity contribution in [3.63, 3.8) is 0 Å². The molecule has 0 atom stereocenters. The smallest absolute Gasteiger partial charge is 0.267 e. The van der Waals surface area contributed by atoms with Crippen LogP contribution in [0.3, 0.4) is 0 Å². The molecule has 2 aliphatic heterocycles. The molecule has 7 heteroatoms. The summed E-state index contributed by atoms with van der Waals surface area (Å²) in [7, 11) is 0. The third-order valence-corrected chi connectivity index (χ3v) is 7.60. The van der Waals surface area contributed by atoms with Crippen LogP contribution < -0.4 is 10.1 Å². The van der Waals surface area contributed by atoms with Gasteiger partial charge in [-0.1, -0.05) is 19.1 Å². The average molecular weight is 426 g/mol. The molecule has 2 aliphatic rings. The SMILES string of the molecule is CC1CCN(Cc2csc(NC(=O)c3cc4c(s3)-c3ccccc3OC4)n2)CC1. The van der Waals surface area contributed by atoms with E-state index in [0.29, 0.717) is 16.6 Å². The second-order valence-electron chi connectivity index (χ2n) is 7.81. The Morgan fingerprint density at radius 3 is 3.00 bits per heavy atom. The number of carbonyl (C=O) groups is 1. The summed E-state index contributed by atoms with van der Waals surface area (Å²) >= 11 is 3.01. The first kappa shape index (κ1) is 18.8. The van der Waals surface area contributed by atoms with E-state index in [9.17, 15) is 4.79 Å². The fourth-order valence-electron chi connectivity index (χ4n) is 3.86. The number of para-hydroxylation sites is 1. The van der Waals surface area contributed by atoms with Crippen LogP contribution in [0, 0.1) is 5.92 Å². The molecule has 29 heavy (non-hydrogen) atoms. The molecule has 5 nitrogen and oxygen atoms in total. The van der Waals surface area contributed by atoms with Gasteiger partial charge in [0.25, 0.3) is 5.91 Å². The number of ether oxygens (including phenoxy) is 1. The van der Waals surface area contributed by atoms with Crippen LogP contribution in [-0.2, 0) is 13.2 Å².